The number of pyridine rings is 2. The number of carbonyl (C=O) groups is 2. The number of hydrogen-bond donors (Lipinski definition) is 1. The number of ether oxygens (including phenoxy) is 1. The number of fused-ring (bicyclic) bond motifs is 1. The van der Waals surface area contributed by atoms with Gasteiger partial charge in [0.15, 0.2) is 16.6 Å². The van der Waals surface area contributed by atoms with Crippen LogP contribution in [0.25, 0.3) is 11.0 Å². The van der Waals surface area contributed by atoms with Crippen molar-refractivity contribution in [2.75, 3.05) is 12.0 Å². The Labute approximate surface area is 122 Å². The van der Waals surface area contributed by atoms with Crippen molar-refractivity contribution in [1.29, 1.82) is 0 Å². The van der Waals surface area contributed by atoms with Crippen LogP contribution in [0.5, 0.6) is 0 Å². The zero-order valence-electron chi connectivity index (χ0n) is 10.7. The van der Waals surface area contributed by atoms with Gasteiger partial charge in [0.05, 0.1) is 12.0 Å². The second-order valence-corrected chi connectivity index (χ2v) is 4.20. The number of hydrogen-bond acceptors (Lipinski definition) is 5. The average molecular weight is 314 g/mol. The molecule has 0 spiro atoms. The maximum atomic E-state index is 13.5. The van der Waals surface area contributed by atoms with E-state index in [2.05, 4.69) is 10.4 Å². The Morgan fingerprint density at radius 2 is 2.33 bits per heavy atom. The third-order valence-electron chi connectivity index (χ3n) is 2.58. The van der Waals surface area contributed by atoms with Gasteiger partial charge in [-0.05, 0) is 13.0 Å². The predicted octanol–water partition coefficient (Wildman–Crippen LogP) is 1.07. The van der Waals surface area contributed by atoms with E-state index in [1.165, 1.54) is 0 Å². The zero-order chi connectivity index (χ0) is 15.6. The van der Waals surface area contributed by atoms with Gasteiger partial charge in [-0.3, -0.25) is 15.0 Å². The Hall–Kier alpha value is -2.48. The molecular weight excluding hydrogens is 305 g/mol. The molecule has 0 radical (unpaired) electrons. The number of halogens is 2. The van der Waals surface area contributed by atoms with Crippen LogP contribution in [0.4, 0.5) is 4.39 Å². The van der Waals surface area contributed by atoms with Crippen LogP contribution in [0.2, 0.25) is 5.15 Å². The van der Waals surface area contributed by atoms with Gasteiger partial charge >= 0.3 is 5.97 Å². The van der Waals surface area contributed by atoms with Gasteiger partial charge in [-0.2, -0.15) is 0 Å². The summed E-state index contributed by atoms with van der Waals surface area (Å²) in [5, 5.41) is -0.677. The molecule has 0 bridgehead atoms. The molecular formula is C12H9ClFN3O4. The molecule has 0 fully saturated rings. The number of nitrogens with one attached hydrogen (secondary N) is 1. The largest absolute Gasteiger partial charge is 0.462 e. The van der Waals surface area contributed by atoms with Crippen molar-refractivity contribution in [3.63, 3.8) is 0 Å². The topological polar surface area (TPSA) is 90.3 Å². The van der Waals surface area contributed by atoms with E-state index in [1.807, 2.05) is 0 Å². The maximum Gasteiger partial charge on any atom is 0.343 e. The van der Waals surface area contributed by atoms with Crippen molar-refractivity contribution in [1.82, 2.24) is 9.66 Å². The van der Waals surface area contributed by atoms with Crippen LogP contribution in [0.1, 0.15) is 17.3 Å². The predicted molar refractivity (Wildman–Crippen MR) is 72.4 cm³/mol. The van der Waals surface area contributed by atoms with Crippen LogP contribution in [0.3, 0.4) is 0 Å². The lowest BCUT2D eigenvalue weighted by Gasteiger charge is -2.11. The van der Waals surface area contributed by atoms with Crippen LogP contribution in [0, 0.1) is 5.82 Å². The van der Waals surface area contributed by atoms with Crippen molar-refractivity contribution in [3.8, 4) is 0 Å². The van der Waals surface area contributed by atoms with Gasteiger partial charge in [-0.1, -0.05) is 11.6 Å². The summed E-state index contributed by atoms with van der Waals surface area (Å²) in [6, 6.07) is 0.846. The first kappa shape index (κ1) is 14.9. The first-order chi connectivity index (χ1) is 9.99. The molecule has 9 heteroatoms. The number of aromatic nitrogens is 2. The molecule has 7 nitrogen and oxygen atoms in total. The fraction of sp³-hybridized carbons (Fsp3) is 0.167. The third-order valence-corrected chi connectivity index (χ3v) is 2.84. The van der Waals surface area contributed by atoms with Gasteiger partial charge in [0, 0.05) is 6.20 Å². The first-order valence-electron chi connectivity index (χ1n) is 5.78. The lowest BCUT2D eigenvalue weighted by molar-refractivity contribution is -0.106. The summed E-state index contributed by atoms with van der Waals surface area (Å²) in [5.41, 5.74) is 0.989. The highest BCUT2D eigenvalue weighted by Gasteiger charge is 2.19. The average Bonchev–Trinajstić information content (AvgIpc) is 2.44. The van der Waals surface area contributed by atoms with E-state index < -0.39 is 22.4 Å². The highest BCUT2D eigenvalue weighted by atomic mass is 35.5. The molecule has 0 unspecified atom stereocenters. The Kier molecular flexibility index (Phi) is 4.18. The smallest absolute Gasteiger partial charge is 0.343 e. The number of rotatable bonds is 4. The van der Waals surface area contributed by atoms with E-state index in [1.54, 1.807) is 6.92 Å². The van der Waals surface area contributed by atoms with Gasteiger partial charge in [-0.15, -0.1) is 0 Å². The standard InChI is InChI=1S/C12H9ClFN3O4/c1-2-21-12(20)7-4-17(15-5-18)11-6(9(7)19)3-8(14)10(13)16-11/h3-5H,2H2,1H3,(H,15,18). The Morgan fingerprint density at radius 3 is 2.95 bits per heavy atom. The van der Waals surface area contributed by atoms with E-state index >= 15 is 0 Å². The molecule has 0 saturated heterocycles. The lowest BCUT2D eigenvalue weighted by Crippen LogP contribution is -2.25. The molecule has 0 aromatic carbocycles. The van der Waals surface area contributed by atoms with E-state index in [0.29, 0.717) is 6.41 Å². The summed E-state index contributed by atoms with van der Waals surface area (Å²) in [6.07, 6.45) is 1.34. The summed E-state index contributed by atoms with van der Waals surface area (Å²) in [4.78, 5) is 38.2. The number of amides is 1. The van der Waals surface area contributed by atoms with E-state index in [-0.39, 0.29) is 23.2 Å². The minimum atomic E-state index is -0.917. The molecule has 0 atom stereocenters. The second kappa shape index (κ2) is 5.88. The van der Waals surface area contributed by atoms with Crippen molar-refractivity contribution in [2.45, 2.75) is 6.92 Å². The van der Waals surface area contributed by atoms with Crippen LogP contribution in [-0.4, -0.2) is 28.6 Å². The van der Waals surface area contributed by atoms with Crippen molar-refractivity contribution in [2.24, 2.45) is 0 Å². The van der Waals surface area contributed by atoms with Crippen LogP contribution in [-0.2, 0) is 9.53 Å². The van der Waals surface area contributed by atoms with Gasteiger partial charge < -0.3 is 4.74 Å². The second-order valence-electron chi connectivity index (χ2n) is 3.84. The molecule has 0 aliphatic heterocycles. The fourth-order valence-electron chi connectivity index (χ4n) is 1.71. The number of nitrogens with zero attached hydrogens (tertiary/aromatic N) is 2. The van der Waals surface area contributed by atoms with Crippen LogP contribution in [0.15, 0.2) is 17.1 Å². The van der Waals surface area contributed by atoms with Gasteiger partial charge in [-0.25, -0.2) is 18.8 Å². The normalized spacial score (nSPS) is 10.4. The summed E-state index contributed by atoms with van der Waals surface area (Å²) in [7, 11) is 0. The first-order valence-corrected chi connectivity index (χ1v) is 6.16. The van der Waals surface area contributed by atoms with Crippen LogP contribution < -0.4 is 10.9 Å². The summed E-state index contributed by atoms with van der Waals surface area (Å²) >= 11 is 5.55. The molecule has 2 aromatic rings. The third kappa shape index (κ3) is 2.70. The fourth-order valence-corrected chi connectivity index (χ4v) is 1.85. The van der Waals surface area contributed by atoms with Crippen LogP contribution >= 0.6 is 11.6 Å². The summed E-state index contributed by atoms with van der Waals surface area (Å²) in [6.45, 7) is 1.63. The molecule has 2 rings (SSSR count). The Balaban J connectivity index is 2.82. The zero-order valence-corrected chi connectivity index (χ0v) is 11.5. The number of carbonyl (C=O) groups excluding carboxylic acids is 2. The van der Waals surface area contributed by atoms with Gasteiger partial charge in [0.1, 0.15) is 5.56 Å². The highest BCUT2D eigenvalue weighted by Crippen LogP contribution is 2.17. The van der Waals surface area contributed by atoms with E-state index in [9.17, 15) is 18.8 Å². The molecule has 0 saturated carbocycles. The minimum absolute atomic E-state index is 0.0602. The molecule has 21 heavy (non-hydrogen) atoms. The van der Waals surface area contributed by atoms with Gasteiger partial charge in [0.25, 0.3) is 0 Å². The molecule has 2 heterocycles. The summed E-state index contributed by atoms with van der Waals surface area (Å²) < 4.78 is 19.2. The van der Waals surface area contributed by atoms with Crippen molar-refractivity contribution in [3.05, 3.63) is 39.0 Å². The molecule has 1 N–H and O–H groups in total. The number of esters is 1. The minimum Gasteiger partial charge on any atom is -0.462 e. The molecule has 0 aliphatic carbocycles. The molecule has 2 aromatic heterocycles. The molecule has 0 aliphatic rings. The van der Waals surface area contributed by atoms with E-state index in [0.717, 1.165) is 16.9 Å². The van der Waals surface area contributed by atoms with Gasteiger partial charge in [0.2, 0.25) is 11.8 Å². The summed E-state index contributed by atoms with van der Waals surface area (Å²) in [5.74, 6) is -1.80. The Morgan fingerprint density at radius 1 is 1.62 bits per heavy atom. The maximum absolute atomic E-state index is 13.5. The molecule has 110 valence electrons. The SMILES string of the molecule is CCOC(=O)c1cn(NC=O)c2nc(Cl)c(F)cc2c1=O. The lowest BCUT2D eigenvalue weighted by atomic mass is 10.2. The van der Waals surface area contributed by atoms with E-state index in [4.69, 9.17) is 16.3 Å². The van der Waals surface area contributed by atoms with Crippen molar-refractivity contribution < 1.29 is 18.7 Å². The monoisotopic (exact) mass is 313 g/mol. The Bertz CT molecular complexity index is 790. The highest BCUT2D eigenvalue weighted by molar-refractivity contribution is 6.29. The van der Waals surface area contributed by atoms with Crippen molar-refractivity contribution >= 4 is 35.0 Å². The quantitative estimate of drug-likeness (QED) is 0.518. The molecule has 1 amide bonds.